The summed E-state index contributed by atoms with van der Waals surface area (Å²) in [6.07, 6.45) is 0. The molecular weight excluding hydrogens is 547 g/mol. The van der Waals surface area contributed by atoms with Gasteiger partial charge in [-0.3, -0.25) is 4.79 Å². The average Bonchev–Trinajstić information content (AvgIpc) is 2.74. The zero-order valence-corrected chi connectivity index (χ0v) is 20.8. The first-order valence-corrected chi connectivity index (χ1v) is 12.1. The fourth-order valence-corrected chi connectivity index (χ4v) is 4.48. The molecule has 0 fully saturated rings. The Hall–Kier alpha value is -1.77. The fraction of sp³-hybridized carbons (Fsp3) is 0.0952. The third kappa shape index (κ3) is 5.18. The number of sulfonamides is 1. The highest BCUT2D eigenvalue weighted by Crippen LogP contribution is 2.30. The Morgan fingerprint density at radius 1 is 0.871 bits per heavy atom. The number of hydrogen-bond donors (Lipinski definition) is 0. The van der Waals surface area contributed by atoms with Crippen LogP contribution in [0.2, 0.25) is 5.02 Å². The summed E-state index contributed by atoms with van der Waals surface area (Å²) < 4.78 is 30.6. The molecule has 10 heteroatoms. The number of Topliss-reactive ketones (excluding diaryl/α,β-unsaturated/α-hetero) is 1. The van der Waals surface area contributed by atoms with E-state index in [4.69, 9.17) is 34.8 Å². The van der Waals surface area contributed by atoms with Crippen molar-refractivity contribution in [3.8, 4) is 0 Å². The van der Waals surface area contributed by atoms with Crippen LogP contribution in [0, 0.1) is 0 Å². The summed E-state index contributed by atoms with van der Waals surface area (Å²) in [5.74, 6) is -0.610. The lowest BCUT2D eigenvalue weighted by Gasteiger charge is -2.17. The summed E-state index contributed by atoms with van der Waals surface area (Å²) in [5, 5.41) is 0.300. The molecule has 0 amide bonds. The lowest BCUT2D eigenvalue weighted by Crippen LogP contribution is -2.19. The normalized spacial score (nSPS) is 15.6. The van der Waals surface area contributed by atoms with Crippen LogP contribution in [0.3, 0.4) is 0 Å². The lowest BCUT2D eigenvalue weighted by molar-refractivity contribution is -0.111. The van der Waals surface area contributed by atoms with E-state index in [9.17, 15) is 13.2 Å². The van der Waals surface area contributed by atoms with Gasteiger partial charge in [0.05, 0.1) is 20.7 Å². The van der Waals surface area contributed by atoms with Gasteiger partial charge in [-0.15, -0.1) is 4.40 Å². The van der Waals surface area contributed by atoms with Gasteiger partial charge in [-0.2, -0.15) is 8.42 Å². The zero-order valence-electron chi connectivity index (χ0n) is 16.2. The first-order valence-electron chi connectivity index (χ1n) is 8.74. The van der Waals surface area contributed by atoms with E-state index in [0.29, 0.717) is 21.7 Å². The minimum Gasteiger partial charge on any atom is -0.287 e. The summed E-state index contributed by atoms with van der Waals surface area (Å²) in [4.78, 5) is 16.6. The Balaban J connectivity index is 2.24. The maximum absolute atomic E-state index is 13.0. The van der Waals surface area contributed by atoms with E-state index >= 15 is 0 Å². The molecule has 0 N–H and O–H groups in total. The quantitative estimate of drug-likeness (QED) is 0.252. The fourth-order valence-electron chi connectivity index (χ4n) is 2.71. The van der Waals surface area contributed by atoms with Crippen LogP contribution >= 0.6 is 50.7 Å². The van der Waals surface area contributed by atoms with Crippen LogP contribution in [0.4, 0.5) is 0 Å². The summed E-state index contributed by atoms with van der Waals surface area (Å²) in [5.41, 5.74) is 1.42. The maximum Gasteiger partial charge on any atom is 0.284 e. The number of halogens is 4. The minimum absolute atomic E-state index is 0.00298. The molecule has 1 aliphatic rings. The molecule has 160 valence electrons. The molecule has 2 aromatic carbocycles. The molecule has 3 rings (SSSR count). The first-order chi connectivity index (χ1) is 14.5. The molecule has 0 heterocycles. The molecule has 5 nitrogen and oxygen atoms in total. The first kappa shape index (κ1) is 23.9. The van der Waals surface area contributed by atoms with E-state index in [2.05, 4.69) is 25.3 Å². The summed E-state index contributed by atoms with van der Waals surface area (Å²) in [7, 11) is -4.10. The molecule has 0 saturated carbocycles. The number of hydrogen-bond acceptors (Lipinski definition) is 3. The van der Waals surface area contributed by atoms with Crippen LogP contribution in [-0.4, -0.2) is 25.7 Å². The third-order valence-corrected chi connectivity index (χ3v) is 7.38. The van der Waals surface area contributed by atoms with E-state index in [0.717, 1.165) is 4.47 Å². The number of carbonyl (C=O) groups excluding carboxylic acids is 1. The molecule has 0 radical (unpaired) electrons. The van der Waals surface area contributed by atoms with Crippen molar-refractivity contribution in [3.05, 3.63) is 84.8 Å². The topological polar surface area (TPSA) is 75.9 Å². The van der Waals surface area contributed by atoms with Crippen LogP contribution in [0.15, 0.2) is 88.5 Å². The number of ketones is 1. The standard InChI is InChI=1S/C21H14BrCl3N2O3S/c1-11-17(24)20(28)18(25)12(2)19(11)26-21(13-3-7-15(23)8-4-13)27-31(29,30)16-9-5-14(22)6-10-16/h3-10H,1-2H3/b27-21+. The highest BCUT2D eigenvalue weighted by Gasteiger charge is 2.28. The maximum atomic E-state index is 13.0. The van der Waals surface area contributed by atoms with Crippen molar-refractivity contribution in [2.45, 2.75) is 18.7 Å². The van der Waals surface area contributed by atoms with Crippen molar-refractivity contribution in [1.29, 1.82) is 0 Å². The van der Waals surface area contributed by atoms with Crippen molar-refractivity contribution in [1.82, 2.24) is 0 Å². The van der Waals surface area contributed by atoms with E-state index < -0.39 is 15.8 Å². The number of carbonyl (C=O) groups is 1. The summed E-state index contributed by atoms with van der Waals surface area (Å²) in [6.45, 7) is 3.21. The highest BCUT2D eigenvalue weighted by molar-refractivity contribution is 9.10. The largest absolute Gasteiger partial charge is 0.287 e. The van der Waals surface area contributed by atoms with Gasteiger partial charge in [0.2, 0.25) is 5.78 Å². The zero-order chi connectivity index (χ0) is 22.9. The van der Waals surface area contributed by atoms with Crippen molar-refractivity contribution in [2.75, 3.05) is 0 Å². The second kappa shape index (κ2) is 9.38. The molecule has 0 aliphatic heterocycles. The minimum atomic E-state index is -4.10. The lowest BCUT2D eigenvalue weighted by atomic mass is 9.96. The van der Waals surface area contributed by atoms with Gasteiger partial charge in [0.25, 0.3) is 10.0 Å². The monoisotopic (exact) mass is 558 g/mol. The predicted octanol–water partition coefficient (Wildman–Crippen LogP) is 6.29. The highest BCUT2D eigenvalue weighted by atomic mass is 79.9. The predicted molar refractivity (Wildman–Crippen MR) is 129 cm³/mol. The molecule has 1 aliphatic carbocycles. The smallest absolute Gasteiger partial charge is 0.284 e. The van der Waals surface area contributed by atoms with Gasteiger partial charge in [0, 0.05) is 15.1 Å². The Morgan fingerprint density at radius 2 is 1.39 bits per heavy atom. The van der Waals surface area contributed by atoms with Gasteiger partial charge in [-0.1, -0.05) is 50.7 Å². The molecule has 0 aromatic heterocycles. The van der Waals surface area contributed by atoms with Gasteiger partial charge in [-0.25, -0.2) is 4.99 Å². The molecule has 0 spiro atoms. The van der Waals surface area contributed by atoms with E-state index in [-0.39, 0.29) is 26.5 Å². The Kier molecular flexibility index (Phi) is 7.23. The second-order valence-corrected chi connectivity index (χ2v) is 10.2. The van der Waals surface area contributed by atoms with E-state index in [1.807, 2.05) is 0 Å². The SMILES string of the molecule is CC1=C(Cl)C(=O)C(Cl)=C(C)C1=N/C(=N/S(=O)(=O)c1ccc(Br)cc1)c1ccc(Cl)cc1. The van der Waals surface area contributed by atoms with Gasteiger partial charge >= 0.3 is 0 Å². The molecule has 0 atom stereocenters. The third-order valence-electron chi connectivity index (χ3n) is 4.41. The molecular formula is C21H14BrCl3N2O3S. The van der Waals surface area contributed by atoms with Crippen LogP contribution in [0.5, 0.6) is 0 Å². The molecule has 0 unspecified atom stereocenters. The molecule has 0 saturated heterocycles. The molecule has 2 aromatic rings. The summed E-state index contributed by atoms with van der Waals surface area (Å²) in [6, 6.07) is 12.4. The number of aliphatic imine (C=N–C) groups is 1. The van der Waals surface area contributed by atoms with Crippen molar-refractivity contribution < 1.29 is 13.2 Å². The van der Waals surface area contributed by atoms with E-state index in [1.165, 1.54) is 12.1 Å². The van der Waals surface area contributed by atoms with E-state index in [1.54, 1.807) is 50.2 Å². The number of benzene rings is 2. The Bertz CT molecular complexity index is 1260. The Labute approximate surface area is 203 Å². The summed E-state index contributed by atoms with van der Waals surface area (Å²) >= 11 is 21.5. The van der Waals surface area contributed by atoms with Gasteiger partial charge < -0.3 is 0 Å². The van der Waals surface area contributed by atoms with Crippen LogP contribution in [-0.2, 0) is 14.8 Å². The second-order valence-electron chi connectivity index (χ2n) is 6.52. The Morgan fingerprint density at radius 3 is 1.90 bits per heavy atom. The average molecular weight is 561 g/mol. The van der Waals surface area contributed by atoms with Crippen LogP contribution < -0.4 is 0 Å². The van der Waals surface area contributed by atoms with Crippen molar-refractivity contribution >= 4 is 78.1 Å². The van der Waals surface area contributed by atoms with Gasteiger partial charge in [0.15, 0.2) is 5.84 Å². The number of nitrogens with zero attached hydrogens (tertiary/aromatic N) is 2. The number of allylic oxidation sites excluding steroid dienone is 4. The van der Waals surface area contributed by atoms with Crippen molar-refractivity contribution in [2.24, 2.45) is 9.39 Å². The number of amidine groups is 1. The molecule has 31 heavy (non-hydrogen) atoms. The van der Waals surface area contributed by atoms with Crippen molar-refractivity contribution in [3.63, 3.8) is 0 Å². The van der Waals surface area contributed by atoms with Crippen LogP contribution in [0.1, 0.15) is 19.4 Å². The molecule has 0 bridgehead atoms. The van der Waals surface area contributed by atoms with Gasteiger partial charge in [-0.05, 0) is 73.5 Å². The number of rotatable bonds is 3. The van der Waals surface area contributed by atoms with Crippen LogP contribution in [0.25, 0.3) is 0 Å². The van der Waals surface area contributed by atoms with Gasteiger partial charge in [0.1, 0.15) is 0 Å².